The minimum atomic E-state index is -0.752. The maximum atomic E-state index is 11.2. The number of nitrogens with two attached hydrogens (primary N) is 1. The third-order valence-electron chi connectivity index (χ3n) is 3.39. The first-order valence-electron chi connectivity index (χ1n) is 6.10. The predicted octanol–water partition coefficient (Wildman–Crippen LogP) is 1.71. The number of hydrogen-bond donors (Lipinski definition) is 1. The van der Waals surface area contributed by atoms with Crippen LogP contribution in [0.15, 0.2) is 24.3 Å². The molecule has 4 nitrogen and oxygen atoms in total. The number of carbonyl (C=O) groups excluding carboxylic acids is 1. The second-order valence-electron chi connectivity index (χ2n) is 4.90. The largest absolute Gasteiger partial charge is 0.369 e. The number of Topliss-reactive ketones (excluding diaryl/α,β-unsaturated/α-hetero) is 1. The standard InChI is InChI=1S/C14H17N3O/c1-11(18)12-3-5-13(6-4-12)17-8-2-7-14(16,9-15)10-17/h3-6H,2,7-8,10,16H2,1H3. The number of carbonyl (C=O) groups is 1. The van der Waals surface area contributed by atoms with E-state index >= 15 is 0 Å². The first-order valence-corrected chi connectivity index (χ1v) is 6.10. The van der Waals surface area contributed by atoms with Crippen LogP contribution in [0.1, 0.15) is 30.1 Å². The van der Waals surface area contributed by atoms with Gasteiger partial charge in [0.25, 0.3) is 0 Å². The normalized spacial score (nSPS) is 23.5. The smallest absolute Gasteiger partial charge is 0.159 e. The molecule has 4 heteroatoms. The third-order valence-corrected chi connectivity index (χ3v) is 3.39. The van der Waals surface area contributed by atoms with Gasteiger partial charge in [0.1, 0.15) is 5.54 Å². The van der Waals surface area contributed by atoms with E-state index in [4.69, 9.17) is 11.0 Å². The number of ketones is 1. The van der Waals surface area contributed by atoms with Crippen molar-refractivity contribution in [1.29, 1.82) is 5.26 Å². The lowest BCUT2D eigenvalue weighted by molar-refractivity contribution is 0.101. The molecule has 1 atom stereocenters. The molecule has 0 aliphatic carbocycles. The van der Waals surface area contributed by atoms with Gasteiger partial charge in [-0.25, -0.2) is 0 Å². The van der Waals surface area contributed by atoms with Gasteiger partial charge >= 0.3 is 0 Å². The lowest BCUT2D eigenvalue weighted by Gasteiger charge is -2.37. The van der Waals surface area contributed by atoms with Crippen LogP contribution >= 0.6 is 0 Å². The highest BCUT2D eigenvalue weighted by atomic mass is 16.1. The number of nitriles is 1. The van der Waals surface area contributed by atoms with Crippen molar-refractivity contribution in [1.82, 2.24) is 0 Å². The Morgan fingerprint density at radius 1 is 1.44 bits per heavy atom. The topological polar surface area (TPSA) is 70.1 Å². The summed E-state index contributed by atoms with van der Waals surface area (Å²) in [5, 5.41) is 9.09. The maximum absolute atomic E-state index is 11.2. The van der Waals surface area contributed by atoms with Crippen LogP contribution in [-0.4, -0.2) is 24.4 Å². The molecule has 1 saturated heterocycles. The van der Waals surface area contributed by atoms with Gasteiger partial charge in [-0.2, -0.15) is 5.26 Å². The van der Waals surface area contributed by atoms with Gasteiger partial charge in [0, 0.05) is 24.3 Å². The summed E-state index contributed by atoms with van der Waals surface area (Å²) in [5.41, 5.74) is 6.98. The third kappa shape index (κ3) is 2.52. The Hall–Kier alpha value is -1.86. The molecule has 1 aromatic carbocycles. The van der Waals surface area contributed by atoms with E-state index in [1.165, 1.54) is 0 Å². The molecular formula is C14H17N3O. The lowest BCUT2D eigenvalue weighted by atomic mass is 9.91. The molecule has 0 radical (unpaired) electrons. The quantitative estimate of drug-likeness (QED) is 0.803. The van der Waals surface area contributed by atoms with Gasteiger partial charge in [0.15, 0.2) is 5.78 Å². The molecule has 1 aromatic rings. The van der Waals surface area contributed by atoms with Crippen molar-refractivity contribution < 1.29 is 4.79 Å². The number of benzene rings is 1. The van der Waals surface area contributed by atoms with Crippen LogP contribution in [0, 0.1) is 11.3 Å². The SMILES string of the molecule is CC(=O)c1ccc(N2CCCC(N)(C#N)C2)cc1. The number of rotatable bonds is 2. The Balaban J connectivity index is 2.17. The highest BCUT2D eigenvalue weighted by molar-refractivity contribution is 5.94. The average molecular weight is 243 g/mol. The van der Waals surface area contributed by atoms with Crippen LogP contribution in [0.2, 0.25) is 0 Å². The minimum absolute atomic E-state index is 0.0605. The zero-order valence-corrected chi connectivity index (χ0v) is 10.5. The van der Waals surface area contributed by atoms with Gasteiger partial charge in [-0.05, 0) is 44.0 Å². The molecule has 18 heavy (non-hydrogen) atoms. The molecule has 1 unspecified atom stereocenters. The van der Waals surface area contributed by atoms with Crippen molar-refractivity contribution in [3.05, 3.63) is 29.8 Å². The summed E-state index contributed by atoms with van der Waals surface area (Å²) in [7, 11) is 0. The van der Waals surface area contributed by atoms with Crippen LogP contribution in [-0.2, 0) is 0 Å². The van der Waals surface area contributed by atoms with E-state index in [9.17, 15) is 4.79 Å². The molecule has 1 heterocycles. The van der Waals surface area contributed by atoms with Crippen molar-refractivity contribution in [2.45, 2.75) is 25.3 Å². The summed E-state index contributed by atoms with van der Waals surface area (Å²) in [6.07, 6.45) is 1.66. The van der Waals surface area contributed by atoms with Crippen LogP contribution in [0.25, 0.3) is 0 Å². The van der Waals surface area contributed by atoms with Gasteiger partial charge in [-0.15, -0.1) is 0 Å². The summed E-state index contributed by atoms with van der Waals surface area (Å²) in [6, 6.07) is 9.66. The first kappa shape index (κ1) is 12.6. The Bertz CT molecular complexity index is 489. The number of anilines is 1. The number of piperidine rings is 1. The first-order chi connectivity index (χ1) is 8.54. The van der Waals surface area contributed by atoms with Crippen LogP contribution in [0.5, 0.6) is 0 Å². The summed E-state index contributed by atoms with van der Waals surface area (Å²) >= 11 is 0. The van der Waals surface area contributed by atoms with Crippen molar-refractivity contribution in [3.63, 3.8) is 0 Å². The van der Waals surface area contributed by atoms with Gasteiger partial charge in [-0.1, -0.05) is 0 Å². The van der Waals surface area contributed by atoms with E-state index in [2.05, 4.69) is 11.0 Å². The highest BCUT2D eigenvalue weighted by Gasteiger charge is 2.31. The summed E-state index contributed by atoms with van der Waals surface area (Å²) < 4.78 is 0. The summed E-state index contributed by atoms with van der Waals surface area (Å²) in [4.78, 5) is 13.3. The van der Waals surface area contributed by atoms with Crippen molar-refractivity contribution in [2.24, 2.45) is 5.73 Å². The van der Waals surface area contributed by atoms with Crippen LogP contribution in [0.4, 0.5) is 5.69 Å². The molecular weight excluding hydrogens is 226 g/mol. The molecule has 0 aromatic heterocycles. The van der Waals surface area contributed by atoms with E-state index in [0.717, 1.165) is 25.1 Å². The second-order valence-corrected chi connectivity index (χ2v) is 4.90. The summed E-state index contributed by atoms with van der Waals surface area (Å²) in [5.74, 6) is 0.0605. The molecule has 2 N–H and O–H groups in total. The monoisotopic (exact) mass is 243 g/mol. The van der Waals surface area contributed by atoms with Crippen molar-refractivity contribution in [2.75, 3.05) is 18.0 Å². The Morgan fingerprint density at radius 3 is 2.67 bits per heavy atom. The fourth-order valence-corrected chi connectivity index (χ4v) is 2.30. The Morgan fingerprint density at radius 2 is 2.11 bits per heavy atom. The molecule has 2 rings (SSSR count). The molecule has 0 amide bonds. The van der Waals surface area contributed by atoms with Crippen LogP contribution < -0.4 is 10.6 Å². The maximum Gasteiger partial charge on any atom is 0.159 e. The fraction of sp³-hybridized carbons (Fsp3) is 0.429. The van der Waals surface area contributed by atoms with Crippen molar-refractivity contribution in [3.8, 4) is 6.07 Å². The molecule has 1 fully saturated rings. The highest BCUT2D eigenvalue weighted by Crippen LogP contribution is 2.24. The molecule has 0 bridgehead atoms. The van der Waals surface area contributed by atoms with Crippen molar-refractivity contribution >= 4 is 11.5 Å². The van der Waals surface area contributed by atoms with E-state index in [0.29, 0.717) is 12.1 Å². The summed E-state index contributed by atoms with van der Waals surface area (Å²) in [6.45, 7) is 3.00. The van der Waals surface area contributed by atoms with E-state index in [1.54, 1.807) is 6.92 Å². The van der Waals surface area contributed by atoms with E-state index in [-0.39, 0.29) is 5.78 Å². The molecule has 1 aliphatic heterocycles. The average Bonchev–Trinajstić information content (AvgIpc) is 2.39. The molecule has 1 aliphatic rings. The lowest BCUT2D eigenvalue weighted by Crippen LogP contribution is -2.53. The minimum Gasteiger partial charge on any atom is -0.369 e. The van der Waals surface area contributed by atoms with Gasteiger partial charge < -0.3 is 10.6 Å². The zero-order valence-electron chi connectivity index (χ0n) is 10.5. The fourth-order valence-electron chi connectivity index (χ4n) is 2.30. The number of hydrogen-bond acceptors (Lipinski definition) is 4. The molecule has 0 spiro atoms. The number of nitrogens with zero attached hydrogens (tertiary/aromatic N) is 2. The van der Waals surface area contributed by atoms with Crippen LogP contribution in [0.3, 0.4) is 0 Å². The van der Waals surface area contributed by atoms with E-state index < -0.39 is 5.54 Å². The molecule has 94 valence electrons. The predicted molar refractivity (Wildman–Crippen MR) is 70.4 cm³/mol. The van der Waals surface area contributed by atoms with Gasteiger partial charge in [0.05, 0.1) is 6.07 Å². The van der Waals surface area contributed by atoms with E-state index in [1.807, 2.05) is 24.3 Å². The zero-order chi connectivity index (χ0) is 13.2. The van der Waals surface area contributed by atoms with Gasteiger partial charge in [0.2, 0.25) is 0 Å². The van der Waals surface area contributed by atoms with Gasteiger partial charge in [-0.3, -0.25) is 4.79 Å². The molecule has 0 saturated carbocycles. The Kier molecular flexibility index (Phi) is 3.35. The Labute approximate surface area is 107 Å². The second kappa shape index (κ2) is 4.79.